The molecule has 68 heavy (non-hydrogen) atoms. The number of piperazine rings is 2. The molecule has 7 heterocycles. The summed E-state index contributed by atoms with van der Waals surface area (Å²) in [7, 11) is 3.17. The standard InChI is InChI=1S/C47H48N14O5S2/c1-64-42-8-7-31(23-43(42)65-2)61-19-12-34(58-61)47-57-38(29-68-47)45(63)55-36-25-51-14-11-40(36)60-22-18-52-30(26-60)27-66-41-6-4-3-5-33(41)53-15-9-32(48)46-56-37(28-67-46)44(62)54-35-24-50-13-10-39(35)59-20-16-49-17-21-59/h3-15,19,23-25,28-30,49,52H,16-18,20-22,26-27,48H2,1-2H3,(H,54,62)(H,55,63). The highest BCUT2D eigenvalue weighted by atomic mass is 32.1. The van der Waals surface area contributed by atoms with Crippen molar-refractivity contribution in [1.29, 1.82) is 0 Å². The minimum atomic E-state index is -0.356. The Bertz CT molecular complexity index is 2950. The molecule has 0 saturated carbocycles. The molecule has 2 aromatic carbocycles. The number of nitrogens with zero attached hydrogens (tertiary/aromatic N) is 9. The van der Waals surface area contributed by atoms with E-state index in [0.29, 0.717) is 82.0 Å². The first-order valence-electron chi connectivity index (χ1n) is 21.7. The summed E-state index contributed by atoms with van der Waals surface area (Å²) >= 11 is 2.61. The molecule has 2 aliphatic heterocycles. The van der Waals surface area contributed by atoms with Gasteiger partial charge in [0.15, 0.2) is 11.5 Å². The number of rotatable bonds is 16. The summed E-state index contributed by atoms with van der Waals surface area (Å²) in [5.41, 5.74) is 12.3. The zero-order valence-corrected chi connectivity index (χ0v) is 38.8. The summed E-state index contributed by atoms with van der Waals surface area (Å²) in [6.07, 6.45) is 11.8. The Balaban J connectivity index is 0.791. The maximum atomic E-state index is 13.6. The number of aromatic nitrogens is 6. The number of hydrogen-bond acceptors (Lipinski definition) is 18. The lowest BCUT2D eigenvalue weighted by Crippen LogP contribution is -2.53. The van der Waals surface area contributed by atoms with E-state index in [1.165, 1.54) is 22.7 Å². The number of carbonyl (C=O) groups excluding carboxylic acids is 2. The number of amides is 2. The molecule has 2 fully saturated rings. The first kappa shape index (κ1) is 45.4. The molecule has 0 aliphatic carbocycles. The van der Waals surface area contributed by atoms with Crippen molar-refractivity contribution in [3.05, 3.63) is 125 Å². The van der Waals surface area contributed by atoms with Crippen LogP contribution in [0, 0.1) is 0 Å². The van der Waals surface area contributed by atoms with Gasteiger partial charge < -0.3 is 51.0 Å². The summed E-state index contributed by atoms with van der Waals surface area (Å²) < 4.78 is 18.9. The van der Waals surface area contributed by atoms with Crippen molar-refractivity contribution in [2.24, 2.45) is 10.7 Å². The van der Waals surface area contributed by atoms with E-state index in [0.717, 1.165) is 43.2 Å². The highest BCUT2D eigenvalue weighted by Gasteiger charge is 2.24. The summed E-state index contributed by atoms with van der Waals surface area (Å²) in [5.74, 6) is 1.11. The Morgan fingerprint density at radius 1 is 0.838 bits per heavy atom. The number of benzene rings is 2. The maximum Gasteiger partial charge on any atom is 0.275 e. The SMILES string of the molecule is COc1ccc(-n2ccc(-c3nc(C(=O)Nc4cnccc4N4CCNC(COc5ccccc5N=CC=C(N)c5nc(C(=O)Nc6cnccc6N6CCNCC6)cs5)C4)cs3)n2)cc1OC. The molecular formula is C47H48N14O5S2. The van der Waals surface area contributed by atoms with E-state index in [9.17, 15) is 9.59 Å². The van der Waals surface area contributed by atoms with Gasteiger partial charge in [-0.2, -0.15) is 5.10 Å². The molecule has 0 spiro atoms. The zero-order valence-electron chi connectivity index (χ0n) is 37.2. The van der Waals surface area contributed by atoms with Crippen molar-refractivity contribution in [2.45, 2.75) is 6.04 Å². The van der Waals surface area contributed by atoms with Crippen LogP contribution in [-0.2, 0) is 0 Å². The van der Waals surface area contributed by atoms with Gasteiger partial charge in [-0.25, -0.2) is 14.6 Å². The van der Waals surface area contributed by atoms with Gasteiger partial charge >= 0.3 is 0 Å². The summed E-state index contributed by atoms with van der Waals surface area (Å²) in [6.45, 7) is 5.77. The molecule has 0 bridgehead atoms. The van der Waals surface area contributed by atoms with Crippen LogP contribution in [0.3, 0.4) is 0 Å². The van der Waals surface area contributed by atoms with Crippen molar-refractivity contribution in [2.75, 3.05) is 87.1 Å². The quantitative estimate of drug-likeness (QED) is 0.0730. The van der Waals surface area contributed by atoms with E-state index in [2.05, 4.69) is 61.1 Å². The number of para-hydroxylation sites is 2. The van der Waals surface area contributed by atoms with E-state index in [-0.39, 0.29) is 29.2 Å². The number of methoxy groups -OCH3 is 2. The highest BCUT2D eigenvalue weighted by molar-refractivity contribution is 7.13. The van der Waals surface area contributed by atoms with E-state index >= 15 is 0 Å². The van der Waals surface area contributed by atoms with Crippen molar-refractivity contribution < 1.29 is 23.8 Å². The van der Waals surface area contributed by atoms with Crippen molar-refractivity contribution in [1.82, 2.24) is 40.3 Å². The second-order valence-corrected chi connectivity index (χ2v) is 17.2. The number of aliphatic imine (C=N–C) groups is 1. The average molecular weight is 953 g/mol. The number of anilines is 4. The second-order valence-electron chi connectivity index (χ2n) is 15.5. The van der Waals surface area contributed by atoms with Crippen LogP contribution >= 0.6 is 22.7 Å². The fourth-order valence-electron chi connectivity index (χ4n) is 7.65. The third kappa shape index (κ3) is 10.6. The molecule has 2 amide bonds. The predicted molar refractivity (Wildman–Crippen MR) is 266 cm³/mol. The molecule has 21 heteroatoms. The molecule has 1 unspecified atom stereocenters. The van der Waals surface area contributed by atoms with Crippen molar-refractivity contribution >= 4 is 74.8 Å². The van der Waals surface area contributed by atoms with Gasteiger partial charge in [-0.1, -0.05) is 12.1 Å². The third-order valence-electron chi connectivity index (χ3n) is 11.1. The van der Waals surface area contributed by atoms with E-state index in [4.69, 9.17) is 19.9 Å². The van der Waals surface area contributed by atoms with Gasteiger partial charge in [0, 0.05) is 87.4 Å². The van der Waals surface area contributed by atoms with Crippen molar-refractivity contribution in [3.8, 4) is 33.6 Å². The number of carbonyl (C=O) groups is 2. The lowest BCUT2D eigenvalue weighted by atomic mass is 10.2. The molecule has 7 aromatic rings. The number of thiazole rings is 2. The average Bonchev–Trinajstić information content (AvgIpc) is 4.20. The van der Waals surface area contributed by atoms with Gasteiger partial charge in [-0.15, -0.1) is 22.7 Å². The molecule has 9 rings (SSSR count). The van der Waals surface area contributed by atoms with E-state index in [1.54, 1.807) is 66.7 Å². The van der Waals surface area contributed by atoms with Crippen LogP contribution < -0.4 is 51.0 Å². The van der Waals surface area contributed by atoms with Gasteiger partial charge in [-0.05, 0) is 48.5 Å². The Kier molecular flexibility index (Phi) is 14.2. The van der Waals surface area contributed by atoms with Crippen molar-refractivity contribution in [3.63, 3.8) is 0 Å². The zero-order chi connectivity index (χ0) is 46.8. The minimum Gasteiger partial charge on any atom is -0.493 e. The summed E-state index contributed by atoms with van der Waals surface area (Å²) in [6, 6.07) is 18.6. The third-order valence-corrected chi connectivity index (χ3v) is 12.8. The Labute approximate surface area is 399 Å². The molecule has 5 aromatic heterocycles. The molecular weight excluding hydrogens is 905 g/mol. The lowest BCUT2D eigenvalue weighted by molar-refractivity contribution is 0.101. The van der Waals surface area contributed by atoms with Crippen LogP contribution in [0.1, 0.15) is 26.0 Å². The minimum absolute atomic E-state index is 0.0453. The fourth-order valence-corrected chi connectivity index (χ4v) is 9.16. The van der Waals surface area contributed by atoms with Gasteiger partial charge in [0.05, 0.1) is 66.8 Å². The molecule has 6 N–H and O–H groups in total. The fraction of sp³-hybridized carbons (Fsp3) is 0.234. The molecule has 19 nitrogen and oxygen atoms in total. The molecule has 0 radical (unpaired) electrons. The monoisotopic (exact) mass is 952 g/mol. The first-order valence-corrected chi connectivity index (χ1v) is 23.5. The summed E-state index contributed by atoms with van der Waals surface area (Å²) in [4.78, 5) is 53.5. The normalized spacial score (nSPS) is 15.3. The predicted octanol–water partition coefficient (Wildman–Crippen LogP) is 5.73. The molecule has 348 valence electrons. The van der Waals surface area contributed by atoms with Crippen LogP contribution in [0.15, 0.2) is 113 Å². The Morgan fingerprint density at radius 3 is 2.31 bits per heavy atom. The Hall–Kier alpha value is -7.72. The number of hydrogen-bond donors (Lipinski definition) is 5. The molecule has 2 saturated heterocycles. The largest absolute Gasteiger partial charge is 0.493 e. The van der Waals surface area contributed by atoms with Crippen LogP contribution in [0.5, 0.6) is 17.2 Å². The Morgan fingerprint density at radius 2 is 1.54 bits per heavy atom. The molecule has 2 aliphatic rings. The van der Waals surface area contributed by atoms with Gasteiger partial charge in [0.2, 0.25) is 0 Å². The second kappa shape index (κ2) is 21.3. The smallest absolute Gasteiger partial charge is 0.275 e. The lowest BCUT2D eigenvalue weighted by Gasteiger charge is -2.36. The number of nitrogens with two attached hydrogens (primary N) is 1. The van der Waals surface area contributed by atoms with Gasteiger partial charge in [0.25, 0.3) is 11.8 Å². The van der Waals surface area contributed by atoms with Crippen LogP contribution in [0.2, 0.25) is 0 Å². The number of nitrogens with one attached hydrogen (secondary N) is 4. The topological polar surface area (TPSA) is 224 Å². The number of allylic oxidation sites excluding steroid dienone is 1. The summed E-state index contributed by atoms with van der Waals surface area (Å²) in [5, 5.41) is 22.1. The van der Waals surface area contributed by atoms with E-state index < -0.39 is 0 Å². The van der Waals surface area contributed by atoms with Gasteiger partial charge in [0.1, 0.15) is 45.1 Å². The first-order chi connectivity index (χ1) is 33.3. The number of ether oxygens (including phenoxy) is 3. The van der Waals surface area contributed by atoms with E-state index in [1.807, 2.05) is 66.9 Å². The van der Waals surface area contributed by atoms with Crippen LogP contribution in [0.25, 0.3) is 22.1 Å². The van der Waals surface area contributed by atoms with Gasteiger partial charge in [-0.3, -0.25) is 24.5 Å². The van der Waals surface area contributed by atoms with Crippen LogP contribution in [0.4, 0.5) is 28.4 Å². The highest BCUT2D eigenvalue weighted by Crippen LogP contribution is 2.32. The van der Waals surface area contributed by atoms with Crippen LogP contribution in [-0.4, -0.2) is 120 Å². The molecule has 1 atom stereocenters. The maximum absolute atomic E-state index is 13.6. The number of pyridine rings is 2.